The molecule has 1 nitrogen and oxygen atoms in total. The molecular weight excluding hydrogens is 386 g/mol. The minimum Gasteiger partial charge on any atom is -0.298 e. The van der Waals surface area contributed by atoms with E-state index < -0.39 is 94.2 Å². The zero-order valence-electron chi connectivity index (χ0n) is 13.8. The van der Waals surface area contributed by atoms with Crippen molar-refractivity contribution in [3.8, 4) is 0 Å². The second kappa shape index (κ2) is 9.77. The van der Waals surface area contributed by atoms with Crippen LogP contribution in [-0.2, 0) is 4.79 Å². The van der Waals surface area contributed by atoms with Crippen LogP contribution in [0.15, 0.2) is 0 Å². The zero-order chi connectivity index (χ0) is 20.6. The molecule has 0 rings (SSSR count). The maximum absolute atomic E-state index is 13.8. The summed E-state index contributed by atoms with van der Waals surface area (Å²) in [4.78, 5) is 12.5. The summed E-state index contributed by atoms with van der Waals surface area (Å²) in [5.74, 6) is -2.27. The maximum Gasteiger partial charge on any atom is 0.159 e. The van der Waals surface area contributed by atoms with Gasteiger partial charge in [0, 0.05) is 0 Å². The molecule has 0 fully saturated rings. The van der Waals surface area contributed by atoms with E-state index in [-0.39, 0.29) is 0 Å². The number of carbonyl (C=O) groups excluding carboxylic acids is 1. The average Bonchev–Trinajstić information content (AvgIpc) is 2.70. The predicted molar refractivity (Wildman–Crippen MR) is 74.5 cm³/mol. The molecule has 0 unspecified atom stereocenters. The summed E-state index contributed by atoms with van der Waals surface area (Å²) in [5.41, 5.74) is -14.0. The molecule has 0 saturated carbocycles. The third-order valence-corrected chi connectivity index (χ3v) is 5.29. The third-order valence-electron chi connectivity index (χ3n) is 5.29. The molecule has 0 atom stereocenters. The minimum absolute atomic E-state index is 2.14. The Hall–Kier alpha value is -1.03. The van der Waals surface area contributed by atoms with E-state index >= 15 is 0 Å². The molecule has 0 saturated heterocycles. The Labute approximate surface area is 144 Å². The summed E-state index contributed by atoms with van der Waals surface area (Å²) in [7, 11) is 0. The van der Waals surface area contributed by atoms with Crippen LogP contribution in [0.4, 0.5) is 43.9 Å². The summed E-state index contributed by atoms with van der Waals surface area (Å²) in [6.45, 7) is -22.3. The van der Waals surface area contributed by atoms with E-state index in [1.807, 2.05) is 0 Å². The average molecular weight is 406 g/mol. The first kappa shape index (κ1) is 25.0. The summed E-state index contributed by atoms with van der Waals surface area (Å²) in [6, 6.07) is 0. The van der Waals surface area contributed by atoms with Crippen LogP contribution in [0.2, 0.25) is 0 Å². The van der Waals surface area contributed by atoms with Crippen molar-refractivity contribution in [3.05, 3.63) is 0 Å². The highest BCUT2D eigenvalue weighted by atomic mass is 19.2. The Morgan fingerprint density at radius 3 is 1.04 bits per heavy atom. The predicted octanol–water partition coefficient (Wildman–Crippen LogP) is 4.20. The van der Waals surface area contributed by atoms with E-state index in [4.69, 9.17) is 0 Å². The molecule has 0 amide bonds. The Kier molecular flexibility index (Phi) is 9.39. The number of rotatable bonds is 14. The van der Waals surface area contributed by atoms with E-state index in [1.54, 1.807) is 0 Å². The first-order valence-electron chi connectivity index (χ1n) is 7.41. The summed E-state index contributed by atoms with van der Waals surface area (Å²) < 4.78 is 135. The van der Waals surface area contributed by atoms with Gasteiger partial charge in [0.15, 0.2) is 5.78 Å². The van der Waals surface area contributed by atoms with Crippen LogP contribution in [0.3, 0.4) is 0 Å². The smallest absolute Gasteiger partial charge is 0.159 e. The van der Waals surface area contributed by atoms with Crippen molar-refractivity contribution in [2.75, 3.05) is 66.7 Å². The molecule has 26 heavy (non-hydrogen) atoms. The molecule has 0 aliphatic carbocycles. The topological polar surface area (TPSA) is 17.1 Å². The van der Waals surface area contributed by atoms with Gasteiger partial charge in [-0.1, -0.05) is 0 Å². The lowest BCUT2D eigenvalue weighted by Crippen LogP contribution is -2.67. The lowest BCUT2D eigenvalue weighted by atomic mass is 9.49. The van der Waals surface area contributed by atoms with E-state index in [9.17, 15) is 48.7 Å². The minimum atomic E-state index is -3.73. The standard InChI is InChI=1S/C15H20F10O/c16-1-12(2-17,3-18)11(26)14(7-22,8-23)15(9-24,10-25)13(4-19,5-20)6-21/h1-10H2. The summed E-state index contributed by atoms with van der Waals surface area (Å²) in [6.07, 6.45) is 0. The molecule has 0 aliphatic rings. The van der Waals surface area contributed by atoms with E-state index in [0.717, 1.165) is 0 Å². The van der Waals surface area contributed by atoms with E-state index in [1.165, 1.54) is 0 Å². The highest BCUT2D eigenvalue weighted by molar-refractivity contribution is 5.92. The van der Waals surface area contributed by atoms with Gasteiger partial charge < -0.3 is 0 Å². The van der Waals surface area contributed by atoms with Gasteiger partial charge >= 0.3 is 0 Å². The number of hydrogen-bond donors (Lipinski definition) is 0. The molecular formula is C15H20F10O. The van der Waals surface area contributed by atoms with Crippen molar-refractivity contribution >= 4 is 5.78 Å². The quantitative estimate of drug-likeness (QED) is 0.396. The lowest BCUT2D eigenvalue weighted by molar-refractivity contribution is -0.187. The molecule has 0 radical (unpaired) electrons. The Morgan fingerprint density at radius 2 is 0.846 bits per heavy atom. The molecule has 0 aliphatic heterocycles. The van der Waals surface area contributed by atoms with Crippen LogP contribution in [0.5, 0.6) is 0 Å². The number of halogens is 10. The van der Waals surface area contributed by atoms with Crippen LogP contribution >= 0.6 is 0 Å². The fourth-order valence-electron chi connectivity index (χ4n) is 3.00. The fraction of sp³-hybridized carbons (Fsp3) is 0.933. The van der Waals surface area contributed by atoms with Gasteiger partial charge in [-0.25, -0.2) is 22.0 Å². The van der Waals surface area contributed by atoms with Gasteiger partial charge in [0.1, 0.15) is 58.8 Å². The number of hydrogen-bond acceptors (Lipinski definition) is 1. The van der Waals surface area contributed by atoms with Gasteiger partial charge in [-0.2, -0.15) is 0 Å². The fourth-order valence-corrected chi connectivity index (χ4v) is 3.00. The van der Waals surface area contributed by atoms with Gasteiger partial charge in [-0.05, 0) is 0 Å². The number of Topliss-reactive ketones (excluding diaryl/α,β-unsaturated/α-hetero) is 1. The molecule has 0 N–H and O–H groups in total. The second-order valence-corrected chi connectivity index (χ2v) is 6.39. The van der Waals surface area contributed by atoms with Crippen molar-refractivity contribution in [1.82, 2.24) is 0 Å². The lowest BCUT2D eigenvalue weighted by Gasteiger charge is -2.54. The van der Waals surface area contributed by atoms with Crippen molar-refractivity contribution in [2.45, 2.75) is 0 Å². The van der Waals surface area contributed by atoms with Crippen LogP contribution in [0.25, 0.3) is 0 Å². The highest BCUT2D eigenvalue weighted by Gasteiger charge is 2.70. The van der Waals surface area contributed by atoms with Crippen molar-refractivity contribution in [1.29, 1.82) is 0 Å². The van der Waals surface area contributed by atoms with Gasteiger partial charge in [-0.3, -0.25) is 26.7 Å². The first-order chi connectivity index (χ1) is 12.3. The first-order valence-corrected chi connectivity index (χ1v) is 7.41. The van der Waals surface area contributed by atoms with Crippen LogP contribution < -0.4 is 0 Å². The molecule has 11 heteroatoms. The van der Waals surface area contributed by atoms with E-state index in [2.05, 4.69) is 0 Å². The van der Waals surface area contributed by atoms with Crippen molar-refractivity contribution in [2.24, 2.45) is 21.7 Å². The van der Waals surface area contributed by atoms with Crippen molar-refractivity contribution in [3.63, 3.8) is 0 Å². The highest BCUT2D eigenvalue weighted by Crippen LogP contribution is 2.57. The van der Waals surface area contributed by atoms with E-state index in [0.29, 0.717) is 0 Å². The monoisotopic (exact) mass is 406 g/mol. The molecule has 0 spiro atoms. The number of alkyl halides is 10. The van der Waals surface area contributed by atoms with Crippen LogP contribution in [0.1, 0.15) is 0 Å². The number of carbonyl (C=O) groups is 1. The summed E-state index contributed by atoms with van der Waals surface area (Å²) in [5, 5.41) is 0. The molecule has 0 aromatic carbocycles. The normalized spacial score (nSPS) is 13.9. The van der Waals surface area contributed by atoms with Gasteiger partial charge in [0.2, 0.25) is 0 Å². The SMILES string of the molecule is O=C(C(CF)(CF)CF)C(CF)(CF)C(CF)(CF)C(CF)(CF)CF. The summed E-state index contributed by atoms with van der Waals surface area (Å²) >= 11 is 0. The van der Waals surface area contributed by atoms with Crippen LogP contribution in [-0.4, -0.2) is 72.5 Å². The number of ketones is 1. The maximum atomic E-state index is 13.8. The Bertz CT molecular complexity index is 412. The molecule has 0 heterocycles. The second-order valence-electron chi connectivity index (χ2n) is 6.39. The molecule has 0 bridgehead atoms. The van der Waals surface area contributed by atoms with Gasteiger partial charge in [-0.15, -0.1) is 0 Å². The van der Waals surface area contributed by atoms with Gasteiger partial charge in [0.05, 0.1) is 29.6 Å². The molecule has 0 aromatic heterocycles. The third kappa shape index (κ3) is 3.19. The molecule has 0 aromatic rings. The van der Waals surface area contributed by atoms with Gasteiger partial charge in [0.25, 0.3) is 0 Å². The Balaban J connectivity index is 6.93. The zero-order valence-corrected chi connectivity index (χ0v) is 13.8. The van der Waals surface area contributed by atoms with Crippen molar-refractivity contribution < 1.29 is 48.7 Å². The largest absolute Gasteiger partial charge is 0.298 e. The molecule has 156 valence electrons. The van der Waals surface area contributed by atoms with Crippen LogP contribution in [0, 0.1) is 21.7 Å². The Morgan fingerprint density at radius 1 is 0.500 bits per heavy atom.